The van der Waals surface area contributed by atoms with Crippen LogP contribution in [0, 0.1) is 0 Å². The molecule has 0 amide bonds. The van der Waals surface area contributed by atoms with E-state index < -0.39 is 0 Å². The van der Waals surface area contributed by atoms with Crippen molar-refractivity contribution in [2.75, 3.05) is 14.1 Å². The Morgan fingerprint density at radius 1 is 1.46 bits per heavy atom. The van der Waals surface area contributed by atoms with Crippen molar-refractivity contribution >= 4 is 5.78 Å². The van der Waals surface area contributed by atoms with Crippen LogP contribution < -0.4 is 0 Å². The van der Waals surface area contributed by atoms with Crippen LogP contribution >= 0.6 is 0 Å². The first-order valence-corrected chi connectivity index (χ1v) is 4.95. The monoisotopic (exact) mass is 181 g/mol. The fraction of sp³-hybridized carbons (Fsp3) is 0.727. The Hall–Kier alpha value is -0.630. The normalized spacial score (nSPS) is 20.5. The summed E-state index contributed by atoms with van der Waals surface area (Å²) >= 11 is 0. The number of likely N-dealkylation sites (N-methyl/N-ethyl adjacent to an activating group) is 1. The zero-order chi connectivity index (χ0) is 9.90. The third kappa shape index (κ3) is 1.83. The summed E-state index contributed by atoms with van der Waals surface area (Å²) in [6.07, 6.45) is 6.63. The number of hydrogen-bond acceptors (Lipinski definition) is 2. The smallest absolute Gasteiger partial charge is 0.156 e. The predicted molar refractivity (Wildman–Crippen MR) is 54.7 cm³/mol. The SMILES string of the molecule is C=CCC(=O)C1(N(C)C)CCCC1. The molecule has 0 aromatic heterocycles. The summed E-state index contributed by atoms with van der Waals surface area (Å²) in [4.78, 5) is 14.0. The van der Waals surface area contributed by atoms with E-state index in [-0.39, 0.29) is 5.54 Å². The molecule has 0 aromatic carbocycles. The number of hydrogen-bond donors (Lipinski definition) is 0. The van der Waals surface area contributed by atoms with Gasteiger partial charge >= 0.3 is 0 Å². The molecule has 0 radical (unpaired) electrons. The van der Waals surface area contributed by atoms with Gasteiger partial charge in [-0.15, -0.1) is 6.58 Å². The molecule has 0 aromatic rings. The van der Waals surface area contributed by atoms with Crippen LogP contribution in [0.4, 0.5) is 0 Å². The molecule has 2 nitrogen and oxygen atoms in total. The molecule has 0 bridgehead atoms. The summed E-state index contributed by atoms with van der Waals surface area (Å²) in [6, 6.07) is 0. The van der Waals surface area contributed by atoms with Crippen molar-refractivity contribution in [3.63, 3.8) is 0 Å². The van der Waals surface area contributed by atoms with Gasteiger partial charge in [0.05, 0.1) is 5.54 Å². The van der Waals surface area contributed by atoms with Crippen LogP contribution in [0.25, 0.3) is 0 Å². The number of rotatable bonds is 4. The molecular weight excluding hydrogens is 162 g/mol. The summed E-state index contributed by atoms with van der Waals surface area (Å²) in [5.74, 6) is 0.338. The van der Waals surface area contributed by atoms with Crippen molar-refractivity contribution in [3.8, 4) is 0 Å². The number of carbonyl (C=O) groups excluding carboxylic acids is 1. The van der Waals surface area contributed by atoms with Crippen molar-refractivity contribution in [1.82, 2.24) is 4.90 Å². The zero-order valence-corrected chi connectivity index (χ0v) is 8.68. The highest BCUT2D eigenvalue weighted by atomic mass is 16.1. The van der Waals surface area contributed by atoms with Gasteiger partial charge in [-0.3, -0.25) is 9.69 Å². The van der Waals surface area contributed by atoms with E-state index in [0.717, 1.165) is 12.8 Å². The van der Waals surface area contributed by atoms with Crippen LogP contribution in [-0.4, -0.2) is 30.3 Å². The summed E-state index contributed by atoms with van der Waals surface area (Å²) in [5, 5.41) is 0. The van der Waals surface area contributed by atoms with Gasteiger partial charge in [-0.1, -0.05) is 18.9 Å². The minimum Gasteiger partial charge on any atom is -0.297 e. The van der Waals surface area contributed by atoms with Gasteiger partial charge in [0.15, 0.2) is 5.78 Å². The molecule has 74 valence electrons. The Bertz CT molecular complexity index is 202. The third-order valence-corrected chi connectivity index (χ3v) is 3.14. The Labute approximate surface area is 80.6 Å². The van der Waals surface area contributed by atoms with Gasteiger partial charge in [-0.25, -0.2) is 0 Å². The average Bonchev–Trinajstić information content (AvgIpc) is 2.53. The van der Waals surface area contributed by atoms with Crippen LogP contribution in [-0.2, 0) is 4.79 Å². The molecule has 0 saturated heterocycles. The van der Waals surface area contributed by atoms with Crippen LogP contribution in [0.5, 0.6) is 0 Å². The summed E-state index contributed by atoms with van der Waals surface area (Å²) in [6.45, 7) is 3.62. The first-order valence-electron chi connectivity index (χ1n) is 4.95. The van der Waals surface area contributed by atoms with Crippen molar-refractivity contribution in [1.29, 1.82) is 0 Å². The van der Waals surface area contributed by atoms with Crippen molar-refractivity contribution in [2.24, 2.45) is 0 Å². The fourth-order valence-electron chi connectivity index (χ4n) is 2.26. The van der Waals surface area contributed by atoms with Gasteiger partial charge in [-0.05, 0) is 26.9 Å². The lowest BCUT2D eigenvalue weighted by Crippen LogP contribution is -2.48. The van der Waals surface area contributed by atoms with Gasteiger partial charge in [0.1, 0.15) is 0 Å². The molecule has 13 heavy (non-hydrogen) atoms. The first-order chi connectivity index (χ1) is 6.13. The minimum atomic E-state index is -0.172. The molecule has 0 atom stereocenters. The molecule has 1 aliphatic carbocycles. The van der Waals surface area contributed by atoms with Gasteiger partial charge in [-0.2, -0.15) is 0 Å². The van der Waals surface area contributed by atoms with E-state index in [9.17, 15) is 4.79 Å². The van der Waals surface area contributed by atoms with E-state index >= 15 is 0 Å². The highest BCUT2D eigenvalue weighted by Gasteiger charge is 2.41. The van der Waals surface area contributed by atoms with Crippen LogP contribution in [0.3, 0.4) is 0 Å². The largest absolute Gasteiger partial charge is 0.297 e. The van der Waals surface area contributed by atoms with Crippen molar-refractivity contribution < 1.29 is 4.79 Å². The third-order valence-electron chi connectivity index (χ3n) is 3.14. The van der Waals surface area contributed by atoms with Gasteiger partial charge in [0, 0.05) is 6.42 Å². The maximum atomic E-state index is 11.9. The molecule has 0 unspecified atom stereocenters. The second-order valence-corrected chi connectivity index (χ2v) is 4.05. The number of ketones is 1. The van der Waals surface area contributed by atoms with Gasteiger partial charge in [0.25, 0.3) is 0 Å². The second-order valence-electron chi connectivity index (χ2n) is 4.05. The molecule has 2 heteroatoms. The topological polar surface area (TPSA) is 20.3 Å². The summed E-state index contributed by atoms with van der Waals surface area (Å²) < 4.78 is 0. The van der Waals surface area contributed by atoms with E-state index in [1.165, 1.54) is 12.8 Å². The van der Waals surface area contributed by atoms with Crippen molar-refractivity contribution in [3.05, 3.63) is 12.7 Å². The molecule has 0 N–H and O–H groups in total. The van der Waals surface area contributed by atoms with Gasteiger partial charge < -0.3 is 0 Å². The lowest BCUT2D eigenvalue weighted by molar-refractivity contribution is -0.128. The molecular formula is C11H19NO. The second kappa shape index (κ2) is 4.05. The van der Waals surface area contributed by atoms with Crippen LogP contribution in [0.2, 0.25) is 0 Å². The zero-order valence-electron chi connectivity index (χ0n) is 8.68. The molecule has 1 saturated carbocycles. The molecule has 1 fully saturated rings. The Balaban J connectivity index is 2.77. The number of Topliss-reactive ketones (excluding diaryl/α,β-unsaturated/α-hetero) is 1. The standard InChI is InChI=1S/C11H19NO/c1-4-7-10(13)11(12(2)3)8-5-6-9-11/h4H,1,5-9H2,2-3H3. The lowest BCUT2D eigenvalue weighted by Gasteiger charge is -2.34. The Morgan fingerprint density at radius 3 is 2.38 bits per heavy atom. The summed E-state index contributed by atoms with van der Waals surface area (Å²) in [5.41, 5.74) is -0.172. The molecule has 1 aliphatic rings. The van der Waals surface area contributed by atoms with E-state index in [1.54, 1.807) is 6.08 Å². The predicted octanol–water partition coefficient (Wildman–Crippen LogP) is 2.01. The van der Waals surface area contributed by atoms with E-state index in [4.69, 9.17) is 0 Å². The molecule has 0 heterocycles. The minimum absolute atomic E-state index is 0.172. The number of carbonyl (C=O) groups is 1. The van der Waals surface area contributed by atoms with E-state index in [0.29, 0.717) is 12.2 Å². The Morgan fingerprint density at radius 2 is 2.00 bits per heavy atom. The number of nitrogens with zero attached hydrogens (tertiary/aromatic N) is 1. The maximum absolute atomic E-state index is 11.9. The highest BCUT2D eigenvalue weighted by Crippen LogP contribution is 2.35. The fourth-order valence-corrected chi connectivity index (χ4v) is 2.26. The summed E-state index contributed by atoms with van der Waals surface area (Å²) in [7, 11) is 4.01. The van der Waals surface area contributed by atoms with Gasteiger partial charge in [0.2, 0.25) is 0 Å². The molecule has 0 spiro atoms. The quantitative estimate of drug-likeness (QED) is 0.618. The van der Waals surface area contributed by atoms with Crippen LogP contribution in [0.1, 0.15) is 32.1 Å². The van der Waals surface area contributed by atoms with Crippen molar-refractivity contribution in [2.45, 2.75) is 37.6 Å². The van der Waals surface area contributed by atoms with E-state index in [2.05, 4.69) is 11.5 Å². The first kappa shape index (κ1) is 10.5. The Kier molecular flexibility index (Phi) is 3.26. The van der Waals surface area contributed by atoms with E-state index in [1.807, 2.05) is 14.1 Å². The number of allylic oxidation sites excluding steroid dienone is 1. The lowest BCUT2D eigenvalue weighted by atomic mass is 9.89. The maximum Gasteiger partial charge on any atom is 0.156 e. The highest BCUT2D eigenvalue weighted by molar-refractivity contribution is 5.89. The van der Waals surface area contributed by atoms with Crippen LogP contribution in [0.15, 0.2) is 12.7 Å². The molecule has 0 aliphatic heterocycles. The average molecular weight is 181 g/mol. The molecule has 1 rings (SSSR count).